The summed E-state index contributed by atoms with van der Waals surface area (Å²) in [6.07, 6.45) is 5.73. The Bertz CT molecular complexity index is 506. The van der Waals surface area contributed by atoms with Crippen LogP contribution in [0.1, 0.15) is 38.1 Å². The number of rotatable bonds is 2. The van der Waals surface area contributed by atoms with Crippen LogP contribution in [0.4, 0.5) is 0 Å². The van der Waals surface area contributed by atoms with Crippen molar-refractivity contribution in [1.82, 2.24) is 20.3 Å². The van der Waals surface area contributed by atoms with Gasteiger partial charge in [0.05, 0.1) is 11.4 Å². The van der Waals surface area contributed by atoms with E-state index in [4.69, 9.17) is 12.2 Å². The molecule has 2 heterocycles. The summed E-state index contributed by atoms with van der Waals surface area (Å²) in [5, 5.41) is 5.02. The minimum absolute atomic E-state index is 0.692. The largest absolute Gasteiger partial charge is 0.348 e. The molecule has 6 heteroatoms. The molecule has 1 N–H and O–H groups in total. The lowest BCUT2D eigenvalue weighted by Crippen LogP contribution is -2.42. The number of hydrogen-bond acceptors (Lipinski definition) is 4. The molecule has 2 rings (SSSR count). The van der Waals surface area contributed by atoms with Gasteiger partial charge in [-0.15, -0.1) is 0 Å². The quantitative estimate of drug-likeness (QED) is 0.514. The second kappa shape index (κ2) is 6.74. The van der Waals surface area contributed by atoms with Gasteiger partial charge in [-0.25, -0.2) is 0 Å². The third-order valence-corrected chi connectivity index (χ3v) is 3.96. The maximum absolute atomic E-state index is 5.39. The molecule has 0 atom stereocenters. The third-order valence-electron chi connectivity index (χ3n) is 3.61. The van der Waals surface area contributed by atoms with E-state index >= 15 is 0 Å². The predicted octanol–water partition coefficient (Wildman–Crippen LogP) is 2.12. The van der Waals surface area contributed by atoms with Gasteiger partial charge in [-0.05, 0) is 44.8 Å². The maximum Gasteiger partial charge on any atom is 0.189 e. The molecule has 1 aliphatic rings. The second-order valence-electron chi connectivity index (χ2n) is 5.27. The highest BCUT2D eigenvalue weighted by Crippen LogP contribution is 2.15. The standard InChI is InChI=1S/C14H21N5S/c1-10-4-8-19(9-5-10)14(20)18-17-12(3)13-11(2)15-6-7-16-13/h6-7,10H,4-5,8-9H2,1-3H3,(H,18,20)/b17-12-. The van der Waals surface area contributed by atoms with Gasteiger partial charge in [-0.2, -0.15) is 5.10 Å². The Balaban J connectivity index is 1.95. The van der Waals surface area contributed by atoms with E-state index in [1.54, 1.807) is 12.4 Å². The van der Waals surface area contributed by atoms with Gasteiger partial charge in [-0.1, -0.05) is 6.92 Å². The summed E-state index contributed by atoms with van der Waals surface area (Å²) in [6, 6.07) is 0. The number of hydrazone groups is 1. The molecule has 1 saturated heterocycles. The van der Waals surface area contributed by atoms with Crippen LogP contribution in [-0.2, 0) is 0 Å². The average Bonchev–Trinajstić information content (AvgIpc) is 2.45. The van der Waals surface area contributed by atoms with E-state index < -0.39 is 0 Å². The van der Waals surface area contributed by atoms with Crippen LogP contribution in [-0.4, -0.2) is 38.8 Å². The molecular formula is C14H21N5S. The average molecular weight is 291 g/mol. The molecule has 0 unspecified atom stereocenters. The zero-order chi connectivity index (χ0) is 14.5. The highest BCUT2D eigenvalue weighted by atomic mass is 32.1. The highest BCUT2D eigenvalue weighted by Gasteiger charge is 2.17. The molecule has 1 aromatic rings. The van der Waals surface area contributed by atoms with E-state index in [0.29, 0.717) is 5.11 Å². The highest BCUT2D eigenvalue weighted by molar-refractivity contribution is 7.80. The van der Waals surface area contributed by atoms with E-state index in [2.05, 4.69) is 32.3 Å². The number of hydrogen-bond donors (Lipinski definition) is 1. The molecule has 0 spiro atoms. The SMILES string of the molecule is C/C(=N/NC(=S)N1CCC(C)CC1)c1nccnc1C. The summed E-state index contributed by atoms with van der Waals surface area (Å²) in [7, 11) is 0. The van der Waals surface area contributed by atoms with Crippen LogP contribution in [0.2, 0.25) is 0 Å². The predicted molar refractivity (Wildman–Crippen MR) is 84.7 cm³/mol. The Hall–Kier alpha value is -1.56. The fraction of sp³-hybridized carbons (Fsp3) is 0.571. The Morgan fingerprint density at radius 3 is 2.65 bits per heavy atom. The number of nitrogens with zero attached hydrogens (tertiary/aromatic N) is 4. The first-order valence-electron chi connectivity index (χ1n) is 6.95. The van der Waals surface area contributed by atoms with Crippen LogP contribution in [0, 0.1) is 12.8 Å². The van der Waals surface area contributed by atoms with E-state index in [0.717, 1.165) is 36.1 Å². The molecule has 1 fully saturated rings. The number of nitrogens with one attached hydrogen (secondary N) is 1. The van der Waals surface area contributed by atoms with Gasteiger partial charge in [0.1, 0.15) is 5.69 Å². The van der Waals surface area contributed by atoms with Gasteiger partial charge in [0, 0.05) is 25.5 Å². The van der Waals surface area contributed by atoms with E-state index in [9.17, 15) is 0 Å². The molecule has 0 bridgehead atoms. The minimum atomic E-state index is 0.692. The topological polar surface area (TPSA) is 53.4 Å². The van der Waals surface area contributed by atoms with Crippen molar-refractivity contribution < 1.29 is 0 Å². The summed E-state index contributed by atoms with van der Waals surface area (Å²) in [5.41, 5.74) is 5.43. The van der Waals surface area contributed by atoms with Gasteiger partial charge in [0.15, 0.2) is 5.11 Å². The molecule has 0 aromatic carbocycles. The van der Waals surface area contributed by atoms with Crippen LogP contribution in [0.3, 0.4) is 0 Å². The number of likely N-dealkylation sites (tertiary alicyclic amines) is 1. The van der Waals surface area contributed by atoms with Crippen LogP contribution >= 0.6 is 12.2 Å². The maximum atomic E-state index is 5.39. The fourth-order valence-corrected chi connectivity index (χ4v) is 2.46. The van der Waals surface area contributed by atoms with Crippen molar-refractivity contribution in [2.75, 3.05) is 13.1 Å². The van der Waals surface area contributed by atoms with E-state index in [1.165, 1.54) is 12.8 Å². The van der Waals surface area contributed by atoms with Crippen molar-refractivity contribution in [3.05, 3.63) is 23.8 Å². The first-order valence-corrected chi connectivity index (χ1v) is 7.36. The fourth-order valence-electron chi connectivity index (χ4n) is 2.23. The van der Waals surface area contributed by atoms with Gasteiger partial charge < -0.3 is 4.90 Å². The van der Waals surface area contributed by atoms with E-state index in [-0.39, 0.29) is 0 Å². The van der Waals surface area contributed by atoms with Crippen molar-refractivity contribution in [3.63, 3.8) is 0 Å². The number of aromatic nitrogens is 2. The zero-order valence-corrected chi connectivity index (χ0v) is 13.1. The Labute approximate surface area is 125 Å². The van der Waals surface area contributed by atoms with Crippen molar-refractivity contribution in [1.29, 1.82) is 0 Å². The zero-order valence-electron chi connectivity index (χ0n) is 12.3. The third kappa shape index (κ3) is 3.72. The van der Waals surface area contributed by atoms with Crippen LogP contribution in [0.5, 0.6) is 0 Å². The van der Waals surface area contributed by atoms with Gasteiger partial charge >= 0.3 is 0 Å². The van der Waals surface area contributed by atoms with Crippen LogP contribution in [0.25, 0.3) is 0 Å². The summed E-state index contributed by atoms with van der Waals surface area (Å²) in [5.74, 6) is 0.793. The second-order valence-corrected chi connectivity index (χ2v) is 5.66. The molecule has 1 aromatic heterocycles. The summed E-state index contributed by atoms with van der Waals surface area (Å²) in [4.78, 5) is 10.7. The van der Waals surface area contributed by atoms with Crippen molar-refractivity contribution >= 4 is 23.0 Å². The monoisotopic (exact) mass is 291 g/mol. The first-order chi connectivity index (χ1) is 9.58. The Morgan fingerprint density at radius 2 is 2.00 bits per heavy atom. The summed E-state index contributed by atoms with van der Waals surface area (Å²) in [6.45, 7) is 8.13. The molecule has 0 saturated carbocycles. The van der Waals surface area contributed by atoms with Crippen molar-refractivity contribution in [2.45, 2.75) is 33.6 Å². The van der Waals surface area contributed by atoms with E-state index in [1.807, 2.05) is 13.8 Å². The van der Waals surface area contributed by atoms with Crippen LogP contribution < -0.4 is 5.43 Å². The van der Waals surface area contributed by atoms with Gasteiger partial charge in [0.25, 0.3) is 0 Å². The van der Waals surface area contributed by atoms with Gasteiger partial charge in [-0.3, -0.25) is 15.4 Å². The Morgan fingerprint density at radius 1 is 1.35 bits per heavy atom. The minimum Gasteiger partial charge on any atom is -0.348 e. The van der Waals surface area contributed by atoms with Crippen molar-refractivity contribution in [2.24, 2.45) is 11.0 Å². The molecule has 1 aliphatic heterocycles. The van der Waals surface area contributed by atoms with Crippen molar-refractivity contribution in [3.8, 4) is 0 Å². The number of piperidine rings is 1. The molecule has 5 nitrogen and oxygen atoms in total. The number of aryl methyl sites for hydroxylation is 1. The molecule has 0 amide bonds. The van der Waals surface area contributed by atoms with Gasteiger partial charge in [0.2, 0.25) is 0 Å². The first kappa shape index (κ1) is 14.8. The molecule has 108 valence electrons. The molecular weight excluding hydrogens is 270 g/mol. The Kier molecular flexibility index (Phi) is 5.00. The van der Waals surface area contributed by atoms with Crippen LogP contribution in [0.15, 0.2) is 17.5 Å². The molecule has 0 aliphatic carbocycles. The summed E-state index contributed by atoms with van der Waals surface area (Å²) < 4.78 is 0. The lowest BCUT2D eigenvalue weighted by Gasteiger charge is -2.31. The summed E-state index contributed by atoms with van der Waals surface area (Å²) >= 11 is 5.39. The number of thiocarbonyl (C=S) groups is 1. The normalized spacial score (nSPS) is 17.1. The molecule has 20 heavy (non-hydrogen) atoms. The lowest BCUT2D eigenvalue weighted by atomic mass is 10.00. The lowest BCUT2D eigenvalue weighted by molar-refractivity contribution is 0.278. The molecule has 0 radical (unpaired) electrons. The smallest absolute Gasteiger partial charge is 0.189 e.